The summed E-state index contributed by atoms with van der Waals surface area (Å²) in [7, 11) is 2.10. The molecule has 0 unspecified atom stereocenters. The Morgan fingerprint density at radius 2 is 2.04 bits per heavy atom. The zero-order valence-electron chi connectivity index (χ0n) is 16.4. The summed E-state index contributed by atoms with van der Waals surface area (Å²) >= 11 is 0. The van der Waals surface area contributed by atoms with Gasteiger partial charge in [-0.1, -0.05) is 30.3 Å². The number of morpholine rings is 1. The van der Waals surface area contributed by atoms with Gasteiger partial charge in [0, 0.05) is 39.8 Å². The van der Waals surface area contributed by atoms with E-state index < -0.39 is 0 Å². The zero-order chi connectivity index (χ0) is 18.6. The highest BCUT2D eigenvalue weighted by molar-refractivity contribution is 5.79. The van der Waals surface area contributed by atoms with Gasteiger partial charge in [-0.25, -0.2) is 4.99 Å². The summed E-state index contributed by atoms with van der Waals surface area (Å²) in [5, 5.41) is 3.40. The van der Waals surface area contributed by atoms with Crippen LogP contribution in [0.5, 0.6) is 0 Å². The topological polar surface area (TPSA) is 40.1 Å². The van der Waals surface area contributed by atoms with E-state index >= 15 is 0 Å². The molecule has 0 aromatic heterocycles. The van der Waals surface area contributed by atoms with E-state index in [0.29, 0.717) is 6.54 Å². The van der Waals surface area contributed by atoms with Crippen LogP contribution in [0.1, 0.15) is 30.9 Å². The number of hydrogen-bond donors (Lipinski definition) is 1. The summed E-state index contributed by atoms with van der Waals surface area (Å²) in [6, 6.07) is 8.64. The zero-order valence-corrected chi connectivity index (χ0v) is 16.4. The largest absolute Gasteiger partial charge is 0.379 e. The average molecular weight is 359 g/mol. The van der Waals surface area contributed by atoms with Gasteiger partial charge >= 0.3 is 0 Å². The van der Waals surface area contributed by atoms with Crippen molar-refractivity contribution in [2.24, 2.45) is 4.99 Å². The fraction of sp³-hybridized carbons (Fsp3) is 0.571. The molecule has 0 aliphatic carbocycles. The van der Waals surface area contributed by atoms with Crippen LogP contribution in [-0.2, 0) is 17.8 Å². The van der Waals surface area contributed by atoms with Gasteiger partial charge in [-0.15, -0.1) is 6.58 Å². The van der Waals surface area contributed by atoms with E-state index in [9.17, 15) is 0 Å². The summed E-state index contributed by atoms with van der Waals surface area (Å²) in [6.45, 7) is 13.1. The molecule has 1 aromatic carbocycles. The Morgan fingerprint density at radius 3 is 2.73 bits per heavy atom. The van der Waals surface area contributed by atoms with Gasteiger partial charge in [0.15, 0.2) is 5.96 Å². The number of rotatable bonds is 9. The van der Waals surface area contributed by atoms with E-state index in [2.05, 4.69) is 59.9 Å². The first-order valence-electron chi connectivity index (χ1n) is 9.71. The van der Waals surface area contributed by atoms with Gasteiger partial charge in [-0.05, 0) is 30.9 Å². The van der Waals surface area contributed by atoms with Gasteiger partial charge in [0.1, 0.15) is 0 Å². The molecule has 0 bridgehead atoms. The summed E-state index contributed by atoms with van der Waals surface area (Å²) in [4.78, 5) is 9.54. The Balaban J connectivity index is 2.01. The number of allylic oxidation sites excluding steroid dienone is 1. The molecule has 1 heterocycles. The third kappa shape index (κ3) is 6.81. The maximum absolute atomic E-state index is 5.46. The number of aliphatic imine (C=N–C) groups is 1. The highest BCUT2D eigenvalue weighted by Gasteiger charge is 2.13. The Hall–Kier alpha value is -1.85. The van der Waals surface area contributed by atoms with Crippen LogP contribution in [-0.4, -0.2) is 62.2 Å². The number of benzene rings is 1. The van der Waals surface area contributed by atoms with Crippen molar-refractivity contribution in [2.75, 3.05) is 46.4 Å². The predicted octanol–water partition coefficient (Wildman–Crippen LogP) is 2.88. The first kappa shape index (κ1) is 20.5. The van der Waals surface area contributed by atoms with Gasteiger partial charge in [0.05, 0.1) is 19.8 Å². The molecule has 0 saturated carbocycles. The molecular formula is C21H34N4O. The maximum Gasteiger partial charge on any atom is 0.193 e. The lowest BCUT2D eigenvalue weighted by Gasteiger charge is -2.27. The second-order valence-electron chi connectivity index (χ2n) is 6.68. The van der Waals surface area contributed by atoms with Gasteiger partial charge in [0.25, 0.3) is 0 Å². The van der Waals surface area contributed by atoms with Crippen LogP contribution in [0, 0.1) is 0 Å². The second kappa shape index (κ2) is 11.7. The highest BCUT2D eigenvalue weighted by Crippen LogP contribution is 2.14. The summed E-state index contributed by atoms with van der Waals surface area (Å²) in [5.74, 6) is 0.970. The Morgan fingerprint density at radius 1 is 1.31 bits per heavy atom. The molecule has 1 aliphatic rings. The first-order valence-corrected chi connectivity index (χ1v) is 9.71. The molecule has 26 heavy (non-hydrogen) atoms. The van der Waals surface area contributed by atoms with Gasteiger partial charge < -0.3 is 15.0 Å². The van der Waals surface area contributed by atoms with E-state index in [1.54, 1.807) is 0 Å². The van der Waals surface area contributed by atoms with Crippen molar-refractivity contribution in [3.8, 4) is 0 Å². The molecule has 1 saturated heterocycles. The fourth-order valence-corrected chi connectivity index (χ4v) is 3.07. The van der Waals surface area contributed by atoms with Crippen molar-refractivity contribution in [1.29, 1.82) is 0 Å². The number of nitrogens with one attached hydrogen (secondary N) is 1. The van der Waals surface area contributed by atoms with E-state index in [0.717, 1.165) is 64.7 Å². The fourth-order valence-electron chi connectivity index (χ4n) is 3.07. The SMILES string of the molecule is C=CCCCN(C)C(=NCc1ccccc1CN1CCOCC1)NCC. The lowest BCUT2D eigenvalue weighted by molar-refractivity contribution is 0.0341. The molecule has 1 fully saturated rings. The monoisotopic (exact) mass is 358 g/mol. The van der Waals surface area contributed by atoms with Crippen molar-refractivity contribution in [3.05, 3.63) is 48.0 Å². The lowest BCUT2D eigenvalue weighted by Crippen LogP contribution is -2.39. The third-order valence-electron chi connectivity index (χ3n) is 4.61. The van der Waals surface area contributed by atoms with Crippen LogP contribution in [0.25, 0.3) is 0 Å². The average Bonchev–Trinajstić information content (AvgIpc) is 2.67. The quantitative estimate of drug-likeness (QED) is 0.319. The molecule has 1 aromatic rings. The van der Waals surface area contributed by atoms with Gasteiger partial charge in [-0.3, -0.25) is 4.90 Å². The number of ether oxygens (including phenoxy) is 1. The number of nitrogens with zero attached hydrogens (tertiary/aromatic N) is 3. The van der Waals surface area contributed by atoms with E-state index in [1.165, 1.54) is 11.1 Å². The molecule has 2 rings (SSSR count). The van der Waals surface area contributed by atoms with Crippen LogP contribution in [0.15, 0.2) is 41.9 Å². The number of hydrogen-bond acceptors (Lipinski definition) is 3. The minimum absolute atomic E-state index is 0.703. The van der Waals surface area contributed by atoms with E-state index in [4.69, 9.17) is 9.73 Å². The molecule has 0 amide bonds. The Labute approximate surface area is 158 Å². The maximum atomic E-state index is 5.46. The van der Waals surface area contributed by atoms with Crippen LogP contribution in [0.2, 0.25) is 0 Å². The van der Waals surface area contributed by atoms with E-state index in [-0.39, 0.29) is 0 Å². The lowest BCUT2D eigenvalue weighted by atomic mass is 10.1. The van der Waals surface area contributed by atoms with Crippen LogP contribution in [0.4, 0.5) is 0 Å². The Kier molecular flexibility index (Phi) is 9.21. The van der Waals surface area contributed by atoms with Crippen molar-refractivity contribution in [3.63, 3.8) is 0 Å². The highest BCUT2D eigenvalue weighted by atomic mass is 16.5. The predicted molar refractivity (Wildman–Crippen MR) is 109 cm³/mol. The summed E-state index contributed by atoms with van der Waals surface area (Å²) < 4.78 is 5.46. The standard InChI is InChI=1S/C21H34N4O/c1-4-6-9-12-24(3)21(22-5-2)23-17-19-10-7-8-11-20(19)18-25-13-15-26-16-14-25/h4,7-8,10-11H,1,5-6,9,12-18H2,2-3H3,(H,22,23). The van der Waals surface area contributed by atoms with Gasteiger partial charge in [-0.2, -0.15) is 0 Å². The number of guanidine groups is 1. The van der Waals surface area contributed by atoms with Crippen molar-refractivity contribution >= 4 is 5.96 Å². The summed E-state index contributed by atoms with van der Waals surface area (Å²) in [6.07, 6.45) is 4.10. The van der Waals surface area contributed by atoms with Crippen LogP contribution in [0.3, 0.4) is 0 Å². The number of unbranched alkanes of at least 4 members (excludes halogenated alkanes) is 1. The minimum atomic E-state index is 0.703. The van der Waals surface area contributed by atoms with Crippen molar-refractivity contribution in [1.82, 2.24) is 15.1 Å². The van der Waals surface area contributed by atoms with Crippen LogP contribution < -0.4 is 5.32 Å². The normalized spacial score (nSPS) is 15.7. The molecule has 1 aliphatic heterocycles. The molecular weight excluding hydrogens is 324 g/mol. The van der Waals surface area contributed by atoms with Crippen molar-refractivity contribution in [2.45, 2.75) is 32.9 Å². The molecule has 5 heteroatoms. The Bertz CT molecular complexity index is 567. The van der Waals surface area contributed by atoms with E-state index in [1.807, 2.05) is 6.08 Å². The van der Waals surface area contributed by atoms with Crippen LogP contribution >= 0.6 is 0 Å². The molecule has 0 spiro atoms. The molecule has 144 valence electrons. The third-order valence-corrected chi connectivity index (χ3v) is 4.61. The van der Waals surface area contributed by atoms with Crippen molar-refractivity contribution < 1.29 is 4.74 Å². The minimum Gasteiger partial charge on any atom is -0.379 e. The smallest absolute Gasteiger partial charge is 0.193 e. The molecule has 1 N–H and O–H groups in total. The first-order chi connectivity index (χ1) is 12.7. The second-order valence-corrected chi connectivity index (χ2v) is 6.68. The summed E-state index contributed by atoms with van der Waals surface area (Å²) in [5.41, 5.74) is 2.66. The molecule has 0 radical (unpaired) electrons. The van der Waals surface area contributed by atoms with Gasteiger partial charge in [0.2, 0.25) is 0 Å². The molecule has 0 atom stereocenters. The molecule has 5 nitrogen and oxygen atoms in total.